The average molecular weight is 302 g/mol. The Morgan fingerprint density at radius 3 is 2.41 bits per heavy atom. The van der Waals surface area contributed by atoms with E-state index in [9.17, 15) is 4.39 Å². The number of benzene rings is 1. The highest BCUT2D eigenvalue weighted by Crippen LogP contribution is 2.11. The van der Waals surface area contributed by atoms with E-state index < -0.39 is 0 Å². The highest BCUT2D eigenvalue weighted by molar-refractivity contribution is 5.46. The Bertz CT molecular complexity index is 586. The van der Waals surface area contributed by atoms with Gasteiger partial charge in [0.05, 0.1) is 0 Å². The molecule has 0 aliphatic carbocycles. The summed E-state index contributed by atoms with van der Waals surface area (Å²) in [5, 5.41) is 6.48. The molecule has 0 saturated carbocycles. The van der Waals surface area contributed by atoms with Gasteiger partial charge in [-0.2, -0.15) is 0 Å². The van der Waals surface area contributed by atoms with Crippen LogP contribution in [0.3, 0.4) is 0 Å². The molecule has 0 aliphatic rings. The topological polar surface area (TPSA) is 49.8 Å². The van der Waals surface area contributed by atoms with Crippen molar-refractivity contribution in [2.75, 3.05) is 23.7 Å². The first-order valence-electron chi connectivity index (χ1n) is 7.68. The molecule has 0 saturated heterocycles. The van der Waals surface area contributed by atoms with Crippen molar-refractivity contribution in [1.29, 1.82) is 0 Å². The molecule has 118 valence electrons. The molecule has 2 rings (SSSR count). The largest absolute Gasteiger partial charge is 0.370 e. The number of hydrogen-bond donors (Lipinski definition) is 2. The third-order valence-corrected chi connectivity index (χ3v) is 3.35. The lowest BCUT2D eigenvalue weighted by atomic mass is 10.1. The third kappa shape index (κ3) is 5.31. The molecule has 0 amide bonds. The Labute approximate surface area is 131 Å². The van der Waals surface area contributed by atoms with E-state index in [0.717, 1.165) is 24.6 Å². The maximum atomic E-state index is 13.5. The van der Waals surface area contributed by atoms with E-state index >= 15 is 0 Å². The molecule has 0 spiro atoms. The lowest BCUT2D eigenvalue weighted by Crippen LogP contribution is -2.10. The van der Waals surface area contributed by atoms with Crippen molar-refractivity contribution in [2.24, 2.45) is 5.92 Å². The van der Waals surface area contributed by atoms with E-state index in [0.29, 0.717) is 24.4 Å². The highest BCUT2D eigenvalue weighted by atomic mass is 19.1. The van der Waals surface area contributed by atoms with Crippen LogP contribution < -0.4 is 10.6 Å². The van der Waals surface area contributed by atoms with Crippen LogP contribution in [-0.4, -0.2) is 23.1 Å². The molecule has 0 atom stereocenters. The molecule has 0 unspecified atom stereocenters. The molecule has 5 heteroatoms. The molecular formula is C17H23FN4. The van der Waals surface area contributed by atoms with Gasteiger partial charge in [-0.15, -0.1) is 0 Å². The van der Waals surface area contributed by atoms with E-state index in [4.69, 9.17) is 0 Å². The fourth-order valence-electron chi connectivity index (χ4n) is 2.07. The monoisotopic (exact) mass is 302 g/mol. The van der Waals surface area contributed by atoms with Crippen LogP contribution in [0.25, 0.3) is 0 Å². The Balaban J connectivity index is 1.81. The molecule has 2 N–H and O–H groups in total. The smallest absolute Gasteiger partial charge is 0.131 e. The van der Waals surface area contributed by atoms with Crippen molar-refractivity contribution >= 4 is 11.6 Å². The number of aromatic nitrogens is 2. The van der Waals surface area contributed by atoms with E-state index in [1.54, 1.807) is 12.1 Å². The van der Waals surface area contributed by atoms with Gasteiger partial charge < -0.3 is 10.6 Å². The highest BCUT2D eigenvalue weighted by Gasteiger charge is 2.02. The van der Waals surface area contributed by atoms with Gasteiger partial charge in [-0.05, 0) is 30.4 Å². The van der Waals surface area contributed by atoms with Crippen LogP contribution in [0.15, 0.2) is 36.7 Å². The minimum Gasteiger partial charge on any atom is -0.370 e. The SMILES string of the molecule is CC(C)CCNc1cc(NCCc2ccccc2F)ncn1. The summed E-state index contributed by atoms with van der Waals surface area (Å²) in [7, 11) is 0. The fourth-order valence-corrected chi connectivity index (χ4v) is 2.07. The minimum atomic E-state index is -0.164. The first-order chi connectivity index (χ1) is 10.6. The van der Waals surface area contributed by atoms with Crippen LogP contribution in [0.2, 0.25) is 0 Å². The number of hydrogen-bond acceptors (Lipinski definition) is 4. The number of halogens is 1. The summed E-state index contributed by atoms with van der Waals surface area (Å²) in [6.07, 6.45) is 3.25. The fraction of sp³-hybridized carbons (Fsp3) is 0.412. The number of rotatable bonds is 8. The average Bonchev–Trinajstić information content (AvgIpc) is 2.49. The lowest BCUT2D eigenvalue weighted by Gasteiger charge is -2.10. The van der Waals surface area contributed by atoms with Gasteiger partial charge in [-0.25, -0.2) is 14.4 Å². The first kappa shape index (κ1) is 16.2. The van der Waals surface area contributed by atoms with Gasteiger partial charge in [0.15, 0.2) is 0 Å². The van der Waals surface area contributed by atoms with Gasteiger partial charge in [0.25, 0.3) is 0 Å². The molecular weight excluding hydrogens is 279 g/mol. The summed E-state index contributed by atoms with van der Waals surface area (Å²) in [5.74, 6) is 2.05. The third-order valence-electron chi connectivity index (χ3n) is 3.35. The van der Waals surface area contributed by atoms with Crippen LogP contribution in [-0.2, 0) is 6.42 Å². The van der Waals surface area contributed by atoms with Crippen molar-refractivity contribution in [3.8, 4) is 0 Å². The van der Waals surface area contributed by atoms with Gasteiger partial charge in [-0.3, -0.25) is 0 Å². The van der Waals surface area contributed by atoms with Crippen LogP contribution in [0, 0.1) is 11.7 Å². The Hall–Kier alpha value is -2.17. The van der Waals surface area contributed by atoms with Crippen molar-refractivity contribution in [2.45, 2.75) is 26.7 Å². The Kier molecular flexibility index (Phi) is 6.13. The molecule has 0 bridgehead atoms. The number of nitrogens with zero attached hydrogens (tertiary/aromatic N) is 2. The second-order valence-corrected chi connectivity index (χ2v) is 5.67. The maximum absolute atomic E-state index is 13.5. The number of anilines is 2. The molecule has 2 aromatic rings. The summed E-state index contributed by atoms with van der Waals surface area (Å²) < 4.78 is 13.5. The number of nitrogens with one attached hydrogen (secondary N) is 2. The van der Waals surface area contributed by atoms with Gasteiger partial charge in [-0.1, -0.05) is 32.0 Å². The van der Waals surface area contributed by atoms with E-state index in [-0.39, 0.29) is 5.82 Å². The lowest BCUT2D eigenvalue weighted by molar-refractivity contribution is 0.606. The Morgan fingerprint density at radius 2 is 1.73 bits per heavy atom. The molecule has 0 radical (unpaired) electrons. The zero-order valence-corrected chi connectivity index (χ0v) is 13.1. The van der Waals surface area contributed by atoms with Crippen LogP contribution in [0.1, 0.15) is 25.8 Å². The van der Waals surface area contributed by atoms with Crippen LogP contribution >= 0.6 is 0 Å². The van der Waals surface area contributed by atoms with E-state index in [2.05, 4.69) is 34.4 Å². The van der Waals surface area contributed by atoms with Crippen molar-refractivity contribution in [1.82, 2.24) is 9.97 Å². The zero-order valence-electron chi connectivity index (χ0n) is 13.1. The van der Waals surface area contributed by atoms with Crippen LogP contribution in [0.4, 0.5) is 16.0 Å². The van der Waals surface area contributed by atoms with E-state index in [1.165, 1.54) is 12.4 Å². The standard InChI is InChI=1S/C17H23FN4/c1-13(2)7-9-19-16-11-17(22-12-21-16)20-10-8-14-5-3-4-6-15(14)18/h3-6,11-13H,7-10H2,1-2H3,(H2,19,20,21,22). The quantitative estimate of drug-likeness (QED) is 0.780. The van der Waals surface area contributed by atoms with Gasteiger partial charge in [0, 0.05) is 19.2 Å². The predicted molar refractivity (Wildman–Crippen MR) is 88.6 cm³/mol. The summed E-state index contributed by atoms with van der Waals surface area (Å²) in [4.78, 5) is 8.37. The van der Waals surface area contributed by atoms with Crippen molar-refractivity contribution in [3.05, 3.63) is 48.0 Å². The zero-order chi connectivity index (χ0) is 15.8. The molecule has 1 aromatic heterocycles. The molecule has 4 nitrogen and oxygen atoms in total. The van der Waals surface area contributed by atoms with Crippen LogP contribution in [0.5, 0.6) is 0 Å². The van der Waals surface area contributed by atoms with Gasteiger partial charge >= 0.3 is 0 Å². The predicted octanol–water partition coefficient (Wildman–Crippen LogP) is 3.73. The van der Waals surface area contributed by atoms with Gasteiger partial charge in [0.2, 0.25) is 0 Å². The van der Waals surface area contributed by atoms with Gasteiger partial charge in [0.1, 0.15) is 23.8 Å². The summed E-state index contributed by atoms with van der Waals surface area (Å²) >= 11 is 0. The van der Waals surface area contributed by atoms with Crippen molar-refractivity contribution in [3.63, 3.8) is 0 Å². The summed E-state index contributed by atoms with van der Waals surface area (Å²) in [6, 6.07) is 8.71. The van der Waals surface area contributed by atoms with Crippen molar-refractivity contribution < 1.29 is 4.39 Å². The van der Waals surface area contributed by atoms with E-state index in [1.807, 2.05) is 12.1 Å². The second-order valence-electron chi connectivity index (χ2n) is 5.67. The summed E-state index contributed by atoms with van der Waals surface area (Å²) in [6.45, 7) is 5.90. The molecule has 1 aromatic carbocycles. The molecule has 22 heavy (non-hydrogen) atoms. The first-order valence-corrected chi connectivity index (χ1v) is 7.68. The molecule has 1 heterocycles. The minimum absolute atomic E-state index is 0.164. The maximum Gasteiger partial charge on any atom is 0.131 e. The normalized spacial score (nSPS) is 10.7. The summed E-state index contributed by atoms with van der Waals surface area (Å²) in [5.41, 5.74) is 0.708. The molecule has 0 aliphatic heterocycles. The molecule has 0 fully saturated rings. The Morgan fingerprint density at radius 1 is 1.05 bits per heavy atom. The second kappa shape index (κ2) is 8.32.